The van der Waals surface area contributed by atoms with Gasteiger partial charge in [0.05, 0.1) is 5.75 Å². The van der Waals surface area contributed by atoms with Crippen LogP contribution >= 0.6 is 23.2 Å². The monoisotopic (exact) mass is 347 g/mol. The Morgan fingerprint density at radius 3 is 2.52 bits per heavy atom. The van der Waals surface area contributed by atoms with Crippen LogP contribution in [0.2, 0.25) is 10.0 Å². The topological polar surface area (TPSA) is 46.2 Å². The normalized spacial score (nSPS) is 11.6. The van der Waals surface area contributed by atoms with Crippen molar-refractivity contribution in [3.63, 3.8) is 0 Å². The second-order valence-electron chi connectivity index (χ2n) is 4.45. The molecule has 0 bridgehead atoms. The Bertz CT molecular complexity index is 750. The average molecular weight is 348 g/mol. The number of nitrogens with one attached hydrogen (secondary N) is 1. The summed E-state index contributed by atoms with van der Waals surface area (Å²) in [5.74, 6) is -0.765. The van der Waals surface area contributed by atoms with Gasteiger partial charge in [0, 0.05) is 16.6 Å². The molecule has 0 amide bonds. The number of benzene rings is 2. The lowest BCUT2D eigenvalue weighted by atomic mass is 10.2. The summed E-state index contributed by atoms with van der Waals surface area (Å²) >= 11 is 11.7. The minimum Gasteiger partial charge on any atom is -0.212 e. The van der Waals surface area contributed by atoms with Crippen LogP contribution in [0.25, 0.3) is 0 Å². The van der Waals surface area contributed by atoms with Gasteiger partial charge in [0.15, 0.2) is 0 Å². The lowest BCUT2D eigenvalue weighted by molar-refractivity contribution is 0.580. The van der Waals surface area contributed by atoms with Gasteiger partial charge in [-0.3, -0.25) is 0 Å². The van der Waals surface area contributed by atoms with Crippen molar-refractivity contribution in [2.75, 3.05) is 0 Å². The molecule has 21 heavy (non-hydrogen) atoms. The van der Waals surface area contributed by atoms with Crippen molar-refractivity contribution in [3.8, 4) is 0 Å². The summed E-state index contributed by atoms with van der Waals surface area (Å²) in [7, 11) is -3.58. The predicted octanol–water partition coefficient (Wildman–Crippen LogP) is 3.75. The van der Waals surface area contributed by atoms with E-state index in [1.54, 1.807) is 24.3 Å². The molecule has 3 nitrogen and oxygen atoms in total. The van der Waals surface area contributed by atoms with Crippen molar-refractivity contribution in [2.45, 2.75) is 12.3 Å². The van der Waals surface area contributed by atoms with Crippen molar-refractivity contribution >= 4 is 33.2 Å². The first-order chi connectivity index (χ1) is 9.85. The lowest BCUT2D eigenvalue weighted by Crippen LogP contribution is -2.24. The first-order valence-corrected chi connectivity index (χ1v) is 8.42. The van der Waals surface area contributed by atoms with Crippen LogP contribution in [0.5, 0.6) is 0 Å². The van der Waals surface area contributed by atoms with Crippen molar-refractivity contribution < 1.29 is 12.8 Å². The third-order valence-corrected chi connectivity index (χ3v) is 4.63. The first-order valence-electron chi connectivity index (χ1n) is 6.01. The largest absolute Gasteiger partial charge is 0.216 e. The maximum Gasteiger partial charge on any atom is 0.216 e. The zero-order valence-electron chi connectivity index (χ0n) is 10.8. The Hall–Kier alpha value is -1.14. The zero-order chi connectivity index (χ0) is 15.5. The molecule has 0 fully saturated rings. The van der Waals surface area contributed by atoms with Crippen molar-refractivity contribution in [2.24, 2.45) is 0 Å². The molecule has 2 rings (SSSR count). The molecule has 2 aromatic rings. The van der Waals surface area contributed by atoms with E-state index in [4.69, 9.17) is 23.2 Å². The summed E-state index contributed by atoms with van der Waals surface area (Å²) < 4.78 is 39.4. The van der Waals surface area contributed by atoms with E-state index in [0.717, 1.165) is 0 Å². The number of sulfonamides is 1. The Morgan fingerprint density at radius 1 is 1.10 bits per heavy atom. The molecule has 0 spiro atoms. The fourth-order valence-electron chi connectivity index (χ4n) is 1.75. The van der Waals surface area contributed by atoms with E-state index in [1.807, 2.05) is 0 Å². The van der Waals surface area contributed by atoms with Gasteiger partial charge in [-0.1, -0.05) is 41.4 Å². The third kappa shape index (κ3) is 4.97. The maximum atomic E-state index is 13.0. The SMILES string of the molecule is O=S(=O)(Cc1cccc(F)c1)NCc1ccc(Cl)cc1Cl. The van der Waals surface area contributed by atoms with Crippen molar-refractivity contribution in [3.05, 3.63) is 69.5 Å². The third-order valence-electron chi connectivity index (χ3n) is 2.74. The lowest BCUT2D eigenvalue weighted by Gasteiger charge is -2.08. The van der Waals surface area contributed by atoms with Crippen LogP contribution in [-0.2, 0) is 22.3 Å². The zero-order valence-corrected chi connectivity index (χ0v) is 13.1. The molecule has 0 aliphatic carbocycles. The van der Waals surface area contributed by atoms with Crippen molar-refractivity contribution in [1.82, 2.24) is 4.72 Å². The molecule has 0 aliphatic rings. The Labute approximate surface area is 132 Å². The summed E-state index contributed by atoms with van der Waals surface area (Å²) in [6.45, 7) is 0.0493. The van der Waals surface area contributed by atoms with Crippen LogP contribution in [0.3, 0.4) is 0 Å². The molecule has 0 aromatic heterocycles. The highest BCUT2D eigenvalue weighted by Crippen LogP contribution is 2.21. The predicted molar refractivity (Wildman–Crippen MR) is 82.3 cm³/mol. The van der Waals surface area contributed by atoms with Gasteiger partial charge in [-0.25, -0.2) is 17.5 Å². The minimum atomic E-state index is -3.58. The minimum absolute atomic E-state index is 0.0493. The Balaban J connectivity index is 2.04. The fourth-order valence-corrected chi connectivity index (χ4v) is 3.32. The van der Waals surface area contributed by atoms with E-state index >= 15 is 0 Å². The van der Waals surface area contributed by atoms with Crippen LogP contribution in [-0.4, -0.2) is 8.42 Å². The summed E-state index contributed by atoms with van der Waals surface area (Å²) in [6, 6.07) is 10.3. The van der Waals surface area contributed by atoms with Gasteiger partial charge < -0.3 is 0 Å². The Morgan fingerprint density at radius 2 is 1.86 bits per heavy atom. The molecule has 0 saturated heterocycles. The molecular weight excluding hydrogens is 336 g/mol. The molecule has 0 saturated carbocycles. The molecule has 0 heterocycles. The van der Waals surface area contributed by atoms with Crippen LogP contribution in [0.15, 0.2) is 42.5 Å². The van der Waals surface area contributed by atoms with E-state index in [0.29, 0.717) is 21.2 Å². The fraction of sp³-hybridized carbons (Fsp3) is 0.143. The quantitative estimate of drug-likeness (QED) is 0.895. The molecule has 1 N–H and O–H groups in total. The molecule has 0 unspecified atom stereocenters. The molecule has 0 radical (unpaired) electrons. The number of hydrogen-bond donors (Lipinski definition) is 1. The van der Waals surface area contributed by atoms with Gasteiger partial charge in [0.2, 0.25) is 10.0 Å². The first kappa shape index (κ1) is 16.2. The summed E-state index contributed by atoms with van der Waals surface area (Å²) in [4.78, 5) is 0. The number of hydrogen-bond acceptors (Lipinski definition) is 2. The van der Waals surface area contributed by atoms with Gasteiger partial charge in [0.25, 0.3) is 0 Å². The average Bonchev–Trinajstić information content (AvgIpc) is 2.37. The molecule has 0 atom stereocenters. The standard InChI is InChI=1S/C14H12Cl2FNO2S/c15-12-5-4-11(14(16)7-12)8-18-21(19,20)9-10-2-1-3-13(17)6-10/h1-7,18H,8-9H2. The van der Waals surface area contributed by atoms with Crippen LogP contribution in [0.1, 0.15) is 11.1 Å². The Kier molecular flexibility index (Phi) is 5.22. The smallest absolute Gasteiger partial charge is 0.212 e. The van der Waals surface area contributed by atoms with Gasteiger partial charge in [-0.05, 0) is 35.4 Å². The van der Waals surface area contributed by atoms with Gasteiger partial charge in [-0.15, -0.1) is 0 Å². The highest BCUT2D eigenvalue weighted by atomic mass is 35.5. The van der Waals surface area contributed by atoms with Gasteiger partial charge >= 0.3 is 0 Å². The summed E-state index contributed by atoms with van der Waals surface area (Å²) in [5, 5.41) is 0.863. The second kappa shape index (κ2) is 6.75. The van der Waals surface area contributed by atoms with Crippen LogP contribution in [0.4, 0.5) is 4.39 Å². The molecule has 7 heteroatoms. The van der Waals surface area contributed by atoms with Crippen molar-refractivity contribution in [1.29, 1.82) is 0 Å². The van der Waals surface area contributed by atoms with E-state index in [2.05, 4.69) is 4.72 Å². The van der Waals surface area contributed by atoms with Gasteiger partial charge in [0.1, 0.15) is 5.82 Å². The second-order valence-corrected chi connectivity index (χ2v) is 7.10. The highest BCUT2D eigenvalue weighted by Gasteiger charge is 2.13. The molecule has 112 valence electrons. The highest BCUT2D eigenvalue weighted by molar-refractivity contribution is 7.88. The molecule has 0 aliphatic heterocycles. The molecule has 2 aromatic carbocycles. The molecular formula is C14H12Cl2FNO2S. The van der Waals surface area contributed by atoms with E-state index in [9.17, 15) is 12.8 Å². The van der Waals surface area contributed by atoms with Gasteiger partial charge in [-0.2, -0.15) is 0 Å². The van der Waals surface area contributed by atoms with Crippen LogP contribution in [0, 0.1) is 5.82 Å². The van der Waals surface area contributed by atoms with E-state index in [1.165, 1.54) is 18.2 Å². The van der Waals surface area contributed by atoms with E-state index in [-0.39, 0.29) is 12.3 Å². The van der Waals surface area contributed by atoms with E-state index < -0.39 is 15.8 Å². The van der Waals surface area contributed by atoms with Crippen LogP contribution < -0.4 is 4.72 Å². The number of rotatable bonds is 5. The summed E-state index contributed by atoms with van der Waals surface area (Å²) in [5.41, 5.74) is 0.994. The number of halogens is 3. The maximum absolute atomic E-state index is 13.0. The summed E-state index contributed by atoms with van der Waals surface area (Å²) in [6.07, 6.45) is 0.